The lowest BCUT2D eigenvalue weighted by molar-refractivity contribution is 0.144. The zero-order valence-corrected chi connectivity index (χ0v) is 19.1. The first-order valence-corrected chi connectivity index (χ1v) is 11.3. The second-order valence-corrected chi connectivity index (χ2v) is 8.30. The van der Waals surface area contributed by atoms with Gasteiger partial charge in [0, 0.05) is 75.4 Å². The average Bonchev–Trinajstić information content (AvgIpc) is 3.24. The van der Waals surface area contributed by atoms with Crippen molar-refractivity contribution >= 4 is 28.2 Å². The fourth-order valence-electron chi connectivity index (χ4n) is 4.24. The standard InChI is InChI=1S/C25H29N7O/c1-30-24-8-3-19(17-20(24)18-27-30)23-9-10-26-25(29-23)28-21-4-6-22(7-5-21)32-13-11-31(12-14-32)15-16-33-2/h3-10,17-18H,11-16H2,1-2H3,(H,26,28,29). The van der Waals surface area contributed by atoms with Crippen molar-refractivity contribution in [3.8, 4) is 11.3 Å². The van der Waals surface area contributed by atoms with Crippen molar-refractivity contribution in [1.82, 2.24) is 24.6 Å². The van der Waals surface area contributed by atoms with Crippen LogP contribution < -0.4 is 10.2 Å². The van der Waals surface area contributed by atoms with Crippen LogP contribution in [0.1, 0.15) is 0 Å². The summed E-state index contributed by atoms with van der Waals surface area (Å²) in [7, 11) is 3.71. The molecule has 0 bridgehead atoms. The molecule has 0 atom stereocenters. The van der Waals surface area contributed by atoms with Crippen molar-refractivity contribution in [2.45, 2.75) is 0 Å². The molecule has 0 unspecified atom stereocenters. The number of hydrogen-bond donors (Lipinski definition) is 1. The zero-order chi connectivity index (χ0) is 22.6. The van der Waals surface area contributed by atoms with Crippen LogP contribution in [0.5, 0.6) is 0 Å². The van der Waals surface area contributed by atoms with Crippen molar-refractivity contribution in [2.75, 3.05) is 56.7 Å². The number of methoxy groups -OCH3 is 1. The van der Waals surface area contributed by atoms with E-state index in [2.05, 4.69) is 67.7 Å². The summed E-state index contributed by atoms with van der Waals surface area (Å²) >= 11 is 0. The molecule has 33 heavy (non-hydrogen) atoms. The van der Waals surface area contributed by atoms with Gasteiger partial charge in [-0.05, 0) is 42.5 Å². The van der Waals surface area contributed by atoms with E-state index in [-0.39, 0.29) is 0 Å². The van der Waals surface area contributed by atoms with Crippen LogP contribution in [0.2, 0.25) is 0 Å². The molecule has 0 amide bonds. The molecular weight excluding hydrogens is 414 g/mol. The first kappa shape index (κ1) is 21.4. The summed E-state index contributed by atoms with van der Waals surface area (Å²) in [5.41, 5.74) is 5.23. The Morgan fingerprint density at radius 2 is 1.82 bits per heavy atom. The number of fused-ring (bicyclic) bond motifs is 1. The van der Waals surface area contributed by atoms with E-state index in [0.29, 0.717) is 5.95 Å². The van der Waals surface area contributed by atoms with Gasteiger partial charge in [-0.25, -0.2) is 9.97 Å². The smallest absolute Gasteiger partial charge is 0.227 e. The summed E-state index contributed by atoms with van der Waals surface area (Å²) in [5.74, 6) is 0.582. The fraction of sp³-hybridized carbons (Fsp3) is 0.320. The summed E-state index contributed by atoms with van der Waals surface area (Å²) in [6.45, 7) is 5.99. The van der Waals surface area contributed by atoms with E-state index in [0.717, 1.165) is 67.2 Å². The predicted molar refractivity (Wildman–Crippen MR) is 132 cm³/mol. The quantitative estimate of drug-likeness (QED) is 0.468. The van der Waals surface area contributed by atoms with Gasteiger partial charge < -0.3 is 15.0 Å². The molecule has 3 heterocycles. The van der Waals surface area contributed by atoms with Gasteiger partial charge in [-0.1, -0.05) is 6.07 Å². The molecule has 1 fully saturated rings. The Hall–Kier alpha value is -3.49. The maximum absolute atomic E-state index is 5.19. The normalized spacial score (nSPS) is 14.7. The van der Waals surface area contributed by atoms with Gasteiger partial charge in [0.2, 0.25) is 5.95 Å². The highest BCUT2D eigenvalue weighted by Crippen LogP contribution is 2.25. The van der Waals surface area contributed by atoms with E-state index in [9.17, 15) is 0 Å². The van der Waals surface area contributed by atoms with Gasteiger partial charge in [-0.3, -0.25) is 9.58 Å². The van der Waals surface area contributed by atoms with Gasteiger partial charge in [-0.2, -0.15) is 5.10 Å². The topological polar surface area (TPSA) is 71.3 Å². The van der Waals surface area contributed by atoms with Gasteiger partial charge in [0.25, 0.3) is 0 Å². The van der Waals surface area contributed by atoms with Gasteiger partial charge in [-0.15, -0.1) is 0 Å². The monoisotopic (exact) mass is 443 g/mol. The molecule has 170 valence electrons. The first-order chi connectivity index (χ1) is 16.2. The van der Waals surface area contributed by atoms with Gasteiger partial charge in [0.1, 0.15) is 0 Å². The van der Waals surface area contributed by atoms with Crippen LogP contribution in [0.4, 0.5) is 17.3 Å². The summed E-state index contributed by atoms with van der Waals surface area (Å²) in [5, 5.41) is 8.75. The molecule has 8 heteroatoms. The van der Waals surface area contributed by atoms with Crippen LogP contribution in [-0.4, -0.2) is 71.1 Å². The summed E-state index contributed by atoms with van der Waals surface area (Å²) in [4.78, 5) is 14.0. The molecular formula is C25H29N7O. The summed E-state index contributed by atoms with van der Waals surface area (Å²) in [6, 6.07) is 16.7. The van der Waals surface area contributed by atoms with Crippen molar-refractivity contribution in [3.05, 3.63) is 60.9 Å². The number of anilines is 3. The SMILES string of the molecule is COCCN1CCN(c2ccc(Nc3nccc(-c4ccc5c(cnn5C)c4)n3)cc2)CC1. The number of nitrogens with one attached hydrogen (secondary N) is 1. The van der Waals surface area contributed by atoms with E-state index in [1.807, 2.05) is 24.0 Å². The molecule has 1 aliphatic rings. The molecule has 0 radical (unpaired) electrons. The lowest BCUT2D eigenvalue weighted by Gasteiger charge is -2.36. The van der Waals surface area contributed by atoms with E-state index < -0.39 is 0 Å². The lowest BCUT2D eigenvalue weighted by Crippen LogP contribution is -2.47. The minimum atomic E-state index is 0.582. The largest absolute Gasteiger partial charge is 0.383 e. The average molecular weight is 444 g/mol. The molecule has 0 aliphatic carbocycles. The van der Waals surface area contributed by atoms with E-state index >= 15 is 0 Å². The first-order valence-electron chi connectivity index (χ1n) is 11.3. The molecule has 1 saturated heterocycles. The lowest BCUT2D eigenvalue weighted by atomic mass is 10.1. The number of aryl methyl sites for hydroxylation is 1. The molecule has 0 saturated carbocycles. The van der Waals surface area contributed by atoms with Crippen molar-refractivity contribution in [3.63, 3.8) is 0 Å². The fourth-order valence-corrected chi connectivity index (χ4v) is 4.24. The van der Waals surface area contributed by atoms with Crippen LogP contribution in [-0.2, 0) is 11.8 Å². The predicted octanol–water partition coefficient (Wildman–Crippen LogP) is 3.54. The van der Waals surface area contributed by atoms with Crippen LogP contribution in [0, 0.1) is 0 Å². The third kappa shape index (κ3) is 4.81. The highest BCUT2D eigenvalue weighted by Gasteiger charge is 2.16. The highest BCUT2D eigenvalue weighted by atomic mass is 16.5. The number of piperazine rings is 1. The molecule has 2 aromatic carbocycles. The second kappa shape index (κ2) is 9.56. The highest BCUT2D eigenvalue weighted by molar-refractivity contribution is 5.84. The maximum Gasteiger partial charge on any atom is 0.227 e. The molecule has 1 aliphatic heterocycles. The number of aromatic nitrogens is 4. The Labute approximate surface area is 193 Å². The van der Waals surface area contributed by atoms with Crippen LogP contribution >= 0.6 is 0 Å². The van der Waals surface area contributed by atoms with Crippen LogP contribution in [0.15, 0.2) is 60.9 Å². The number of rotatable bonds is 7. The Balaban J connectivity index is 1.24. The van der Waals surface area contributed by atoms with Gasteiger partial charge in [0.15, 0.2) is 0 Å². The Bertz CT molecular complexity index is 1210. The molecule has 8 nitrogen and oxygen atoms in total. The second-order valence-electron chi connectivity index (χ2n) is 8.30. The number of ether oxygens (including phenoxy) is 1. The molecule has 1 N–H and O–H groups in total. The third-order valence-corrected chi connectivity index (χ3v) is 6.17. The number of nitrogens with zero attached hydrogens (tertiary/aromatic N) is 6. The van der Waals surface area contributed by atoms with E-state index in [1.165, 1.54) is 5.69 Å². The Kier molecular flexibility index (Phi) is 6.19. The van der Waals surface area contributed by atoms with Gasteiger partial charge >= 0.3 is 0 Å². The Morgan fingerprint density at radius 1 is 1.00 bits per heavy atom. The molecule has 4 aromatic rings. The van der Waals surface area contributed by atoms with Crippen LogP contribution in [0.25, 0.3) is 22.2 Å². The van der Waals surface area contributed by atoms with Crippen molar-refractivity contribution in [1.29, 1.82) is 0 Å². The van der Waals surface area contributed by atoms with Crippen molar-refractivity contribution < 1.29 is 4.74 Å². The van der Waals surface area contributed by atoms with Crippen molar-refractivity contribution in [2.24, 2.45) is 7.05 Å². The minimum absolute atomic E-state index is 0.582. The maximum atomic E-state index is 5.19. The summed E-state index contributed by atoms with van der Waals surface area (Å²) in [6.07, 6.45) is 3.66. The van der Waals surface area contributed by atoms with Crippen LogP contribution in [0.3, 0.4) is 0 Å². The minimum Gasteiger partial charge on any atom is -0.383 e. The molecule has 0 spiro atoms. The van der Waals surface area contributed by atoms with E-state index in [1.54, 1.807) is 13.3 Å². The summed E-state index contributed by atoms with van der Waals surface area (Å²) < 4.78 is 7.06. The molecule has 2 aromatic heterocycles. The van der Waals surface area contributed by atoms with E-state index in [4.69, 9.17) is 9.72 Å². The third-order valence-electron chi connectivity index (χ3n) is 6.17. The zero-order valence-electron chi connectivity index (χ0n) is 19.1. The molecule has 5 rings (SSSR count). The Morgan fingerprint density at radius 3 is 2.61 bits per heavy atom. The number of benzene rings is 2. The van der Waals surface area contributed by atoms with Gasteiger partial charge in [0.05, 0.1) is 24.0 Å². The number of hydrogen-bond acceptors (Lipinski definition) is 7.